The topological polar surface area (TPSA) is 57.6 Å². The molecule has 2 aliphatic rings. The molecule has 2 aromatic heterocycles. The van der Waals surface area contributed by atoms with Crippen molar-refractivity contribution in [3.05, 3.63) is 59.8 Å². The molecule has 0 saturated carbocycles. The number of morpholine rings is 1. The van der Waals surface area contributed by atoms with E-state index in [0.29, 0.717) is 51.3 Å². The molecular formula is C27H31F3N6O. The molecule has 2 fully saturated rings. The summed E-state index contributed by atoms with van der Waals surface area (Å²) in [5, 5.41) is 0. The lowest BCUT2D eigenvalue weighted by atomic mass is 9.99. The van der Waals surface area contributed by atoms with Gasteiger partial charge in [-0.05, 0) is 29.7 Å². The van der Waals surface area contributed by atoms with E-state index in [1.54, 1.807) is 4.90 Å². The first-order chi connectivity index (χ1) is 17.8. The molecule has 0 spiro atoms. The zero-order valence-electron chi connectivity index (χ0n) is 21.1. The lowest BCUT2D eigenvalue weighted by Gasteiger charge is -2.37. The zero-order valence-corrected chi connectivity index (χ0v) is 21.1. The molecule has 0 bridgehead atoms. The van der Waals surface area contributed by atoms with Crippen molar-refractivity contribution in [2.45, 2.75) is 25.9 Å². The highest BCUT2D eigenvalue weighted by Crippen LogP contribution is 2.36. The Morgan fingerprint density at radius 1 is 0.838 bits per heavy atom. The van der Waals surface area contributed by atoms with Crippen LogP contribution in [-0.4, -0.2) is 67.4 Å². The predicted octanol–water partition coefficient (Wildman–Crippen LogP) is 4.84. The third-order valence-corrected chi connectivity index (χ3v) is 6.84. The first kappa shape index (κ1) is 25.3. The fourth-order valence-electron chi connectivity index (χ4n) is 4.71. The monoisotopic (exact) mass is 512 g/mol. The van der Waals surface area contributed by atoms with Gasteiger partial charge in [-0.3, -0.25) is 0 Å². The molecule has 0 amide bonds. The number of pyridine rings is 1. The highest BCUT2D eigenvalue weighted by atomic mass is 19.4. The predicted molar refractivity (Wildman–Crippen MR) is 138 cm³/mol. The highest BCUT2D eigenvalue weighted by molar-refractivity contribution is 5.66. The molecule has 0 radical (unpaired) electrons. The number of ether oxygens (including phenoxy) is 1. The van der Waals surface area contributed by atoms with Crippen LogP contribution in [0.25, 0.3) is 11.3 Å². The summed E-state index contributed by atoms with van der Waals surface area (Å²) in [5.41, 5.74) is 2.38. The Kier molecular flexibility index (Phi) is 7.19. The molecule has 3 aromatic rings. The number of benzene rings is 1. The molecule has 37 heavy (non-hydrogen) atoms. The van der Waals surface area contributed by atoms with Crippen LogP contribution in [0.2, 0.25) is 0 Å². The summed E-state index contributed by atoms with van der Waals surface area (Å²) in [6.45, 7) is 8.86. The number of hydrogen-bond acceptors (Lipinski definition) is 7. The summed E-state index contributed by atoms with van der Waals surface area (Å²) in [6.07, 6.45) is -3.04. The largest absolute Gasteiger partial charge is 0.419 e. The zero-order chi connectivity index (χ0) is 26.0. The Morgan fingerprint density at radius 2 is 1.57 bits per heavy atom. The molecule has 1 aromatic carbocycles. The van der Waals surface area contributed by atoms with E-state index in [2.05, 4.69) is 41.9 Å². The minimum Gasteiger partial charge on any atom is -0.378 e. The second-order valence-electron chi connectivity index (χ2n) is 9.64. The number of alkyl halides is 3. The first-order valence-electron chi connectivity index (χ1n) is 12.6. The molecule has 4 heterocycles. The van der Waals surface area contributed by atoms with E-state index in [9.17, 15) is 13.2 Å². The number of hydrogen-bond donors (Lipinski definition) is 0. The van der Waals surface area contributed by atoms with E-state index in [-0.39, 0.29) is 5.82 Å². The lowest BCUT2D eigenvalue weighted by Crippen LogP contribution is -2.48. The van der Waals surface area contributed by atoms with Crippen molar-refractivity contribution in [3.8, 4) is 11.3 Å². The average molecular weight is 513 g/mol. The number of piperazine rings is 1. The fraction of sp³-hybridized carbons (Fsp3) is 0.444. The van der Waals surface area contributed by atoms with Crippen LogP contribution in [-0.2, 0) is 10.9 Å². The van der Waals surface area contributed by atoms with Crippen LogP contribution in [0.1, 0.15) is 30.9 Å². The summed E-state index contributed by atoms with van der Waals surface area (Å²) in [7, 11) is 0. The van der Waals surface area contributed by atoms with Gasteiger partial charge in [0.2, 0.25) is 5.95 Å². The van der Waals surface area contributed by atoms with Crippen LogP contribution >= 0.6 is 0 Å². The number of halogens is 3. The summed E-state index contributed by atoms with van der Waals surface area (Å²) in [5.74, 6) is 1.79. The van der Waals surface area contributed by atoms with Crippen molar-refractivity contribution in [1.29, 1.82) is 0 Å². The number of aromatic nitrogens is 3. The first-order valence-corrected chi connectivity index (χ1v) is 12.6. The van der Waals surface area contributed by atoms with Crippen LogP contribution < -0.4 is 14.7 Å². The minimum atomic E-state index is -4.45. The van der Waals surface area contributed by atoms with Crippen molar-refractivity contribution in [1.82, 2.24) is 15.0 Å². The van der Waals surface area contributed by atoms with Crippen molar-refractivity contribution in [3.63, 3.8) is 0 Å². The van der Waals surface area contributed by atoms with Crippen LogP contribution in [0.4, 0.5) is 30.8 Å². The normalized spacial score (nSPS) is 17.0. The fourth-order valence-corrected chi connectivity index (χ4v) is 4.71. The van der Waals surface area contributed by atoms with Gasteiger partial charge >= 0.3 is 6.18 Å². The van der Waals surface area contributed by atoms with Gasteiger partial charge in [-0.2, -0.15) is 18.2 Å². The van der Waals surface area contributed by atoms with Gasteiger partial charge in [-0.15, -0.1) is 0 Å². The van der Waals surface area contributed by atoms with Gasteiger partial charge in [0.25, 0.3) is 0 Å². The number of nitrogens with zero attached hydrogens (tertiary/aromatic N) is 6. The minimum absolute atomic E-state index is 0.0242. The molecule has 0 aliphatic carbocycles. The number of rotatable bonds is 5. The summed E-state index contributed by atoms with van der Waals surface area (Å²) >= 11 is 0. The van der Waals surface area contributed by atoms with Crippen LogP contribution in [0.3, 0.4) is 0 Å². The molecule has 2 saturated heterocycles. The maximum absolute atomic E-state index is 13.5. The van der Waals surface area contributed by atoms with Crippen molar-refractivity contribution < 1.29 is 17.9 Å². The maximum atomic E-state index is 13.5. The van der Waals surface area contributed by atoms with Gasteiger partial charge in [0.05, 0.1) is 24.5 Å². The molecule has 196 valence electrons. The van der Waals surface area contributed by atoms with Crippen LogP contribution in [0, 0.1) is 0 Å². The van der Waals surface area contributed by atoms with Crippen molar-refractivity contribution in [2.75, 3.05) is 67.2 Å². The van der Waals surface area contributed by atoms with Gasteiger partial charge < -0.3 is 19.4 Å². The van der Waals surface area contributed by atoms with Gasteiger partial charge in [-0.1, -0.05) is 32.0 Å². The van der Waals surface area contributed by atoms with Crippen molar-refractivity contribution in [2.24, 2.45) is 0 Å². The summed E-state index contributed by atoms with van der Waals surface area (Å²) < 4.78 is 46.1. The van der Waals surface area contributed by atoms with E-state index in [0.717, 1.165) is 36.2 Å². The summed E-state index contributed by atoms with van der Waals surface area (Å²) in [4.78, 5) is 19.8. The van der Waals surface area contributed by atoms with Crippen LogP contribution in [0.15, 0.2) is 48.7 Å². The molecule has 0 unspecified atom stereocenters. The third-order valence-electron chi connectivity index (χ3n) is 6.84. The van der Waals surface area contributed by atoms with Crippen molar-refractivity contribution >= 4 is 17.6 Å². The molecule has 10 heteroatoms. The average Bonchev–Trinajstić information content (AvgIpc) is 2.93. The second kappa shape index (κ2) is 10.5. The molecule has 2 aliphatic heterocycles. The third kappa shape index (κ3) is 5.64. The van der Waals surface area contributed by atoms with Crippen LogP contribution in [0.5, 0.6) is 0 Å². The van der Waals surface area contributed by atoms with Gasteiger partial charge in [0.15, 0.2) is 0 Å². The maximum Gasteiger partial charge on any atom is 0.419 e. The smallest absolute Gasteiger partial charge is 0.378 e. The van der Waals surface area contributed by atoms with E-state index < -0.39 is 11.7 Å². The van der Waals surface area contributed by atoms with Gasteiger partial charge in [0, 0.05) is 57.1 Å². The van der Waals surface area contributed by atoms with Gasteiger partial charge in [-0.25, -0.2) is 9.97 Å². The molecule has 0 N–H and O–H groups in total. The molecule has 7 nitrogen and oxygen atoms in total. The highest BCUT2D eigenvalue weighted by Gasteiger charge is 2.36. The Bertz CT molecular complexity index is 1220. The van der Waals surface area contributed by atoms with E-state index in [4.69, 9.17) is 14.7 Å². The quantitative estimate of drug-likeness (QED) is 0.485. The molecular weight excluding hydrogens is 481 g/mol. The lowest BCUT2D eigenvalue weighted by molar-refractivity contribution is -0.137. The van der Waals surface area contributed by atoms with E-state index in [1.165, 1.54) is 17.8 Å². The molecule has 0 atom stereocenters. The Morgan fingerprint density at radius 3 is 2.27 bits per heavy atom. The Labute approximate surface area is 214 Å². The molecule has 5 rings (SSSR count). The Balaban J connectivity index is 1.43. The van der Waals surface area contributed by atoms with Gasteiger partial charge in [0.1, 0.15) is 11.6 Å². The number of anilines is 3. The van der Waals surface area contributed by atoms with E-state index in [1.807, 2.05) is 17.0 Å². The summed E-state index contributed by atoms with van der Waals surface area (Å²) in [6, 6.07) is 12.8. The second-order valence-corrected chi connectivity index (χ2v) is 9.64. The SMILES string of the molecule is CC(C)c1cccc(-c2cc(N3CCOCC3)nc(N3CCN(c4ncccc4C(F)(F)F)CC3)n2)c1. The Hall–Kier alpha value is -3.40. The van der Waals surface area contributed by atoms with E-state index >= 15 is 0 Å². The standard InChI is InChI=1S/C27H31F3N6O/c1-19(2)20-5-3-6-21(17-20)23-18-24(34-13-15-37-16-14-34)33-26(32-23)36-11-9-35(10-12-36)25-22(27(28,29)30)7-4-8-31-25/h3-8,17-19H,9-16H2,1-2H3.